The molecule has 0 spiro atoms. The van der Waals surface area contributed by atoms with Crippen molar-refractivity contribution in [3.63, 3.8) is 0 Å². The molecular weight excluding hydrogens is 304 g/mol. The average Bonchev–Trinajstić information content (AvgIpc) is 3.03. The summed E-state index contributed by atoms with van der Waals surface area (Å²) in [4.78, 5) is 16.5. The number of morpholine rings is 1. The molecule has 0 N–H and O–H groups in total. The number of hydrogen-bond acceptors (Lipinski definition) is 4. The van der Waals surface area contributed by atoms with E-state index in [1.807, 2.05) is 48.2 Å². The highest BCUT2D eigenvalue weighted by Gasteiger charge is 2.27. The van der Waals surface area contributed by atoms with E-state index in [9.17, 15) is 4.79 Å². The Morgan fingerprint density at radius 1 is 1.21 bits per heavy atom. The molecule has 1 atom stereocenters. The molecule has 0 radical (unpaired) electrons. The molecular formula is C19H24N2O3. The lowest BCUT2D eigenvalue weighted by molar-refractivity contribution is -0.0218. The summed E-state index contributed by atoms with van der Waals surface area (Å²) in [7, 11) is 3.94. The van der Waals surface area contributed by atoms with Gasteiger partial charge in [0.15, 0.2) is 5.76 Å². The third kappa shape index (κ3) is 4.24. The Morgan fingerprint density at radius 3 is 2.75 bits per heavy atom. The first kappa shape index (κ1) is 16.7. The largest absolute Gasteiger partial charge is 0.455 e. The van der Waals surface area contributed by atoms with E-state index in [4.69, 9.17) is 9.15 Å². The number of rotatable bonds is 5. The zero-order valence-electron chi connectivity index (χ0n) is 14.3. The zero-order chi connectivity index (χ0) is 16.9. The molecule has 2 heterocycles. The van der Waals surface area contributed by atoms with E-state index in [2.05, 4.69) is 12.1 Å². The van der Waals surface area contributed by atoms with Gasteiger partial charge in [0, 0.05) is 19.5 Å². The zero-order valence-corrected chi connectivity index (χ0v) is 14.3. The Bertz CT molecular complexity index is 666. The maximum Gasteiger partial charge on any atom is 0.289 e. The SMILES string of the molecule is CN(C)Cc1ccc(C(=O)N2CCO[C@@H](Cc3ccccc3)C2)o1. The van der Waals surface area contributed by atoms with Gasteiger partial charge in [-0.1, -0.05) is 30.3 Å². The van der Waals surface area contributed by atoms with Crippen molar-refractivity contribution in [1.29, 1.82) is 0 Å². The van der Waals surface area contributed by atoms with Crippen LogP contribution in [-0.4, -0.2) is 55.6 Å². The van der Waals surface area contributed by atoms with E-state index in [0.717, 1.165) is 12.2 Å². The Kier molecular flexibility index (Phi) is 5.33. The fraction of sp³-hybridized carbons (Fsp3) is 0.421. The summed E-state index contributed by atoms with van der Waals surface area (Å²) in [5, 5.41) is 0. The first-order valence-corrected chi connectivity index (χ1v) is 8.30. The standard InChI is InChI=1S/C19H24N2O3/c1-20(2)13-16-8-9-18(24-16)19(22)21-10-11-23-17(14-21)12-15-6-4-3-5-7-15/h3-9,17H,10-14H2,1-2H3/t17-/m0/s1. The van der Waals surface area contributed by atoms with Crippen molar-refractivity contribution in [2.75, 3.05) is 33.8 Å². The normalized spacial score (nSPS) is 18.1. The molecule has 1 saturated heterocycles. The van der Waals surface area contributed by atoms with Crippen LogP contribution in [0.25, 0.3) is 0 Å². The molecule has 5 nitrogen and oxygen atoms in total. The summed E-state index contributed by atoms with van der Waals surface area (Å²) >= 11 is 0. The molecule has 1 amide bonds. The fourth-order valence-corrected chi connectivity index (χ4v) is 2.95. The van der Waals surface area contributed by atoms with Gasteiger partial charge in [0.2, 0.25) is 0 Å². The van der Waals surface area contributed by atoms with Crippen molar-refractivity contribution in [2.45, 2.75) is 19.1 Å². The highest BCUT2D eigenvalue weighted by atomic mass is 16.5. The molecule has 0 bridgehead atoms. The molecule has 1 aliphatic heterocycles. The van der Waals surface area contributed by atoms with Gasteiger partial charge in [0.1, 0.15) is 5.76 Å². The van der Waals surface area contributed by atoms with Crippen molar-refractivity contribution in [1.82, 2.24) is 9.80 Å². The van der Waals surface area contributed by atoms with Gasteiger partial charge in [-0.25, -0.2) is 0 Å². The van der Waals surface area contributed by atoms with Crippen LogP contribution in [0.2, 0.25) is 0 Å². The summed E-state index contributed by atoms with van der Waals surface area (Å²) in [6, 6.07) is 13.9. The maximum atomic E-state index is 12.7. The van der Waals surface area contributed by atoms with Gasteiger partial charge in [0.05, 0.1) is 19.3 Å². The van der Waals surface area contributed by atoms with Crippen LogP contribution in [0.4, 0.5) is 0 Å². The number of benzene rings is 1. The van der Waals surface area contributed by atoms with Crippen LogP contribution >= 0.6 is 0 Å². The summed E-state index contributed by atoms with van der Waals surface area (Å²) < 4.78 is 11.5. The maximum absolute atomic E-state index is 12.7. The lowest BCUT2D eigenvalue weighted by Gasteiger charge is -2.32. The number of amides is 1. The van der Waals surface area contributed by atoms with Crippen LogP contribution in [0.5, 0.6) is 0 Å². The van der Waals surface area contributed by atoms with Crippen molar-refractivity contribution < 1.29 is 13.9 Å². The Morgan fingerprint density at radius 2 is 2.00 bits per heavy atom. The number of furan rings is 1. The first-order chi connectivity index (χ1) is 11.6. The Hall–Kier alpha value is -2.11. The van der Waals surface area contributed by atoms with E-state index >= 15 is 0 Å². The molecule has 24 heavy (non-hydrogen) atoms. The van der Waals surface area contributed by atoms with Crippen LogP contribution in [0.1, 0.15) is 21.9 Å². The van der Waals surface area contributed by atoms with E-state index in [-0.39, 0.29) is 12.0 Å². The molecule has 1 aromatic carbocycles. The Labute approximate surface area is 142 Å². The second-order valence-corrected chi connectivity index (χ2v) is 6.44. The highest BCUT2D eigenvalue weighted by molar-refractivity contribution is 5.91. The van der Waals surface area contributed by atoms with Crippen LogP contribution < -0.4 is 0 Å². The Balaban J connectivity index is 1.61. The lowest BCUT2D eigenvalue weighted by Crippen LogP contribution is -2.46. The number of nitrogens with zero attached hydrogens (tertiary/aromatic N) is 2. The molecule has 128 valence electrons. The summed E-state index contributed by atoms with van der Waals surface area (Å²) in [5.74, 6) is 1.16. The van der Waals surface area contributed by atoms with Gasteiger partial charge < -0.3 is 19.0 Å². The fourth-order valence-electron chi connectivity index (χ4n) is 2.95. The second kappa shape index (κ2) is 7.64. The van der Waals surface area contributed by atoms with Crippen LogP contribution in [0, 0.1) is 0 Å². The molecule has 3 rings (SSSR count). The minimum Gasteiger partial charge on any atom is -0.455 e. The quantitative estimate of drug-likeness (QED) is 0.846. The summed E-state index contributed by atoms with van der Waals surface area (Å²) in [6.45, 7) is 2.45. The van der Waals surface area contributed by atoms with E-state index in [1.165, 1.54) is 5.56 Å². The molecule has 1 fully saturated rings. The van der Waals surface area contributed by atoms with Gasteiger partial charge in [-0.05, 0) is 31.8 Å². The van der Waals surface area contributed by atoms with Crippen LogP contribution in [-0.2, 0) is 17.7 Å². The van der Waals surface area contributed by atoms with Gasteiger partial charge in [-0.2, -0.15) is 0 Å². The molecule has 2 aromatic rings. The molecule has 1 aliphatic rings. The van der Waals surface area contributed by atoms with Gasteiger partial charge in [-0.15, -0.1) is 0 Å². The van der Waals surface area contributed by atoms with Crippen molar-refractivity contribution in [3.8, 4) is 0 Å². The number of carbonyl (C=O) groups is 1. The summed E-state index contributed by atoms with van der Waals surface area (Å²) in [5.41, 5.74) is 1.23. The molecule has 0 saturated carbocycles. The van der Waals surface area contributed by atoms with E-state index < -0.39 is 0 Å². The van der Waals surface area contributed by atoms with Gasteiger partial charge in [-0.3, -0.25) is 4.79 Å². The lowest BCUT2D eigenvalue weighted by atomic mass is 10.1. The van der Waals surface area contributed by atoms with Crippen molar-refractivity contribution >= 4 is 5.91 Å². The molecule has 0 aliphatic carbocycles. The minimum atomic E-state index is -0.0543. The number of carbonyl (C=O) groups excluding carboxylic acids is 1. The number of ether oxygens (including phenoxy) is 1. The topological polar surface area (TPSA) is 45.9 Å². The third-order valence-electron chi connectivity index (χ3n) is 4.08. The molecule has 5 heteroatoms. The highest BCUT2D eigenvalue weighted by Crippen LogP contribution is 2.16. The van der Waals surface area contributed by atoms with E-state index in [0.29, 0.717) is 32.0 Å². The summed E-state index contributed by atoms with van der Waals surface area (Å²) in [6.07, 6.45) is 0.843. The third-order valence-corrected chi connectivity index (χ3v) is 4.08. The van der Waals surface area contributed by atoms with Crippen LogP contribution in [0.15, 0.2) is 46.9 Å². The van der Waals surface area contributed by atoms with E-state index in [1.54, 1.807) is 6.07 Å². The van der Waals surface area contributed by atoms with Crippen molar-refractivity contribution in [2.24, 2.45) is 0 Å². The predicted molar refractivity (Wildman–Crippen MR) is 91.9 cm³/mol. The minimum absolute atomic E-state index is 0.0290. The monoisotopic (exact) mass is 328 g/mol. The average molecular weight is 328 g/mol. The second-order valence-electron chi connectivity index (χ2n) is 6.44. The smallest absolute Gasteiger partial charge is 0.289 e. The molecule has 1 aromatic heterocycles. The van der Waals surface area contributed by atoms with Gasteiger partial charge in [0.25, 0.3) is 5.91 Å². The van der Waals surface area contributed by atoms with Crippen molar-refractivity contribution in [3.05, 3.63) is 59.5 Å². The predicted octanol–water partition coefficient (Wildman–Crippen LogP) is 2.42. The van der Waals surface area contributed by atoms with Crippen LogP contribution in [0.3, 0.4) is 0 Å². The first-order valence-electron chi connectivity index (χ1n) is 8.30. The number of hydrogen-bond donors (Lipinski definition) is 0. The van der Waals surface area contributed by atoms with Gasteiger partial charge >= 0.3 is 0 Å². The molecule has 0 unspecified atom stereocenters.